The van der Waals surface area contributed by atoms with Crippen molar-refractivity contribution in [3.05, 3.63) is 45.6 Å². The van der Waals surface area contributed by atoms with Crippen molar-refractivity contribution in [1.82, 2.24) is 0 Å². The third-order valence-corrected chi connectivity index (χ3v) is 7.81. The van der Waals surface area contributed by atoms with Gasteiger partial charge < -0.3 is 75.2 Å². The monoisotopic (exact) mass is 610 g/mol. The minimum absolute atomic E-state index is 0.0334. The number of aliphatic hydroxyl groups excluding tert-OH is 8. The number of ether oxygens (including phenoxy) is 2. The molecule has 2 saturated heterocycles. The van der Waals surface area contributed by atoms with Crippen LogP contribution in [0.3, 0.4) is 0 Å². The Labute approximate surface area is 240 Å². The van der Waals surface area contributed by atoms with E-state index in [0.717, 1.165) is 18.2 Å². The van der Waals surface area contributed by atoms with E-state index < -0.39 is 125 Å². The fourth-order valence-electron chi connectivity index (χ4n) is 5.44. The zero-order valence-corrected chi connectivity index (χ0v) is 22.0. The number of rotatable bonds is 5. The van der Waals surface area contributed by atoms with Crippen molar-refractivity contribution < 1.29 is 75.2 Å². The van der Waals surface area contributed by atoms with Crippen molar-refractivity contribution in [1.29, 1.82) is 0 Å². The van der Waals surface area contributed by atoms with Crippen molar-refractivity contribution in [2.24, 2.45) is 0 Å². The van der Waals surface area contributed by atoms with E-state index >= 15 is 0 Å². The molecule has 0 spiro atoms. The number of phenols is 4. The standard InChI is InChI=1S/C27H30O16/c28-5-12-17(33)21(37)23(39)26(42-12)15-19(35)14-10(32)4-11(7-1-2-8(30)9(31)3-7)41-25(14)16(20(15)36)27-24(40)22(38)18(34)13(6-29)43-27/h1-4,12-13,17-18,21-24,26-31,33-40H,5-6H2/t12-,13-,17+,18+,21+,22+,23+,24+,26+,27+/m1/s1. The van der Waals surface area contributed by atoms with Crippen LogP contribution in [0.1, 0.15) is 23.3 Å². The molecule has 3 aromatic rings. The molecule has 12 N–H and O–H groups in total. The second-order valence-electron chi connectivity index (χ2n) is 10.4. The normalized spacial score (nSPS) is 33.1. The summed E-state index contributed by atoms with van der Waals surface area (Å²) in [7, 11) is 0. The molecule has 2 fully saturated rings. The molecule has 1 aromatic heterocycles. The van der Waals surface area contributed by atoms with E-state index in [9.17, 15) is 66.1 Å². The number of benzene rings is 2. The first-order valence-corrected chi connectivity index (χ1v) is 13.0. The first-order chi connectivity index (χ1) is 20.3. The summed E-state index contributed by atoms with van der Waals surface area (Å²) in [6.07, 6.45) is -18.5. The smallest absolute Gasteiger partial charge is 0.197 e. The van der Waals surface area contributed by atoms with E-state index in [0.29, 0.717) is 0 Å². The molecular formula is C27H30O16. The second kappa shape index (κ2) is 11.5. The van der Waals surface area contributed by atoms with Gasteiger partial charge in [0, 0.05) is 11.6 Å². The maximum absolute atomic E-state index is 13.5. The fraction of sp³-hybridized carbons (Fsp3) is 0.444. The number of phenolic OH excluding ortho intramolecular Hbond substituents is 4. The lowest BCUT2D eigenvalue weighted by Gasteiger charge is -2.42. The SMILES string of the molecule is O=c1cc(-c2ccc(O)c(O)c2)oc2c([C@@H]3O[C@H](CO)[C@H](O)[C@H](O)[C@@H]3O)c(O)c([C@@H]3O[C@H](CO)[C@H](O)[C@H](O)[C@@H]3O)c(O)c12. The van der Waals surface area contributed by atoms with Gasteiger partial charge in [-0.2, -0.15) is 0 Å². The average Bonchev–Trinajstić information content (AvgIpc) is 2.98. The highest BCUT2D eigenvalue weighted by Crippen LogP contribution is 2.51. The van der Waals surface area contributed by atoms with E-state index in [1.165, 1.54) is 6.07 Å². The topological polar surface area (TPSA) is 291 Å². The van der Waals surface area contributed by atoms with Gasteiger partial charge in [-0.1, -0.05) is 0 Å². The molecule has 16 nitrogen and oxygen atoms in total. The molecule has 2 aromatic carbocycles. The van der Waals surface area contributed by atoms with Gasteiger partial charge in [-0.3, -0.25) is 4.79 Å². The highest BCUT2D eigenvalue weighted by molar-refractivity contribution is 5.92. The number of aliphatic hydroxyl groups is 8. The number of hydrogen-bond donors (Lipinski definition) is 12. The van der Waals surface area contributed by atoms with Crippen molar-refractivity contribution in [3.8, 4) is 34.3 Å². The molecule has 0 aliphatic carbocycles. The van der Waals surface area contributed by atoms with Gasteiger partial charge in [0.05, 0.1) is 24.3 Å². The van der Waals surface area contributed by atoms with Crippen LogP contribution >= 0.6 is 0 Å². The summed E-state index contributed by atoms with van der Waals surface area (Å²) >= 11 is 0. The van der Waals surface area contributed by atoms with E-state index in [2.05, 4.69) is 0 Å². The molecule has 2 aliphatic rings. The summed E-state index contributed by atoms with van der Waals surface area (Å²) in [4.78, 5) is 13.5. The van der Waals surface area contributed by atoms with Gasteiger partial charge in [0.15, 0.2) is 22.5 Å². The quantitative estimate of drug-likeness (QED) is 0.131. The summed E-state index contributed by atoms with van der Waals surface area (Å²) in [5, 5.41) is 124. The molecule has 2 aliphatic heterocycles. The minimum atomic E-state index is -2.05. The third kappa shape index (κ3) is 4.96. The maximum Gasteiger partial charge on any atom is 0.197 e. The van der Waals surface area contributed by atoms with Gasteiger partial charge in [-0.15, -0.1) is 0 Å². The van der Waals surface area contributed by atoms with Crippen molar-refractivity contribution >= 4 is 11.0 Å². The zero-order valence-electron chi connectivity index (χ0n) is 22.0. The second-order valence-corrected chi connectivity index (χ2v) is 10.4. The fourth-order valence-corrected chi connectivity index (χ4v) is 5.44. The maximum atomic E-state index is 13.5. The van der Waals surface area contributed by atoms with Gasteiger partial charge in [0.1, 0.15) is 83.7 Å². The molecule has 234 valence electrons. The van der Waals surface area contributed by atoms with E-state index in [-0.39, 0.29) is 11.3 Å². The van der Waals surface area contributed by atoms with Crippen molar-refractivity contribution in [2.45, 2.75) is 61.0 Å². The first kappa shape index (κ1) is 30.9. The van der Waals surface area contributed by atoms with Crippen molar-refractivity contribution in [2.75, 3.05) is 13.2 Å². The van der Waals surface area contributed by atoms with E-state index in [1.54, 1.807) is 0 Å². The van der Waals surface area contributed by atoms with Gasteiger partial charge >= 0.3 is 0 Å². The summed E-state index contributed by atoms with van der Waals surface area (Å²) in [6.45, 7) is -1.75. The summed E-state index contributed by atoms with van der Waals surface area (Å²) < 4.78 is 16.9. The Bertz CT molecular complexity index is 1570. The van der Waals surface area contributed by atoms with Gasteiger partial charge in [-0.05, 0) is 18.2 Å². The van der Waals surface area contributed by atoms with E-state index in [1.807, 2.05) is 0 Å². The Morgan fingerprint density at radius 2 is 1.16 bits per heavy atom. The Kier molecular flexibility index (Phi) is 8.27. The number of hydrogen-bond acceptors (Lipinski definition) is 16. The molecule has 0 unspecified atom stereocenters. The Hall–Kier alpha value is -3.55. The van der Waals surface area contributed by atoms with Crippen LogP contribution in [0.5, 0.6) is 23.0 Å². The lowest BCUT2D eigenvalue weighted by atomic mass is 9.85. The summed E-state index contributed by atoms with van der Waals surface area (Å²) in [6, 6.07) is 4.26. The van der Waals surface area contributed by atoms with Crippen LogP contribution in [0, 0.1) is 0 Å². The number of fused-ring (bicyclic) bond motifs is 1. The predicted octanol–water partition coefficient (Wildman–Crippen LogP) is -2.69. The zero-order chi connectivity index (χ0) is 31.5. The molecule has 43 heavy (non-hydrogen) atoms. The van der Waals surface area contributed by atoms with Gasteiger partial charge in [0.25, 0.3) is 0 Å². The predicted molar refractivity (Wildman–Crippen MR) is 140 cm³/mol. The van der Waals surface area contributed by atoms with E-state index in [4.69, 9.17) is 13.9 Å². The van der Waals surface area contributed by atoms with Crippen LogP contribution < -0.4 is 5.43 Å². The summed E-state index contributed by atoms with van der Waals surface area (Å²) in [5.74, 6) is -3.43. The van der Waals surface area contributed by atoms with Crippen LogP contribution in [-0.2, 0) is 9.47 Å². The lowest BCUT2D eigenvalue weighted by Crippen LogP contribution is -2.55. The Morgan fingerprint density at radius 1 is 0.628 bits per heavy atom. The largest absolute Gasteiger partial charge is 0.507 e. The molecule has 0 amide bonds. The highest BCUT2D eigenvalue weighted by Gasteiger charge is 2.50. The Balaban J connectivity index is 1.82. The highest BCUT2D eigenvalue weighted by atomic mass is 16.6. The van der Waals surface area contributed by atoms with Crippen molar-refractivity contribution in [3.63, 3.8) is 0 Å². The first-order valence-electron chi connectivity index (χ1n) is 13.0. The van der Waals surface area contributed by atoms with Crippen LogP contribution in [-0.4, -0.2) is 123 Å². The van der Waals surface area contributed by atoms with Gasteiger partial charge in [0.2, 0.25) is 0 Å². The molecule has 5 rings (SSSR count). The van der Waals surface area contributed by atoms with Crippen LogP contribution in [0.25, 0.3) is 22.3 Å². The van der Waals surface area contributed by atoms with Crippen LogP contribution in [0.4, 0.5) is 0 Å². The molecule has 3 heterocycles. The van der Waals surface area contributed by atoms with Crippen LogP contribution in [0.15, 0.2) is 33.5 Å². The molecule has 10 atom stereocenters. The molecule has 0 saturated carbocycles. The molecule has 0 bridgehead atoms. The number of aromatic hydroxyl groups is 4. The Morgan fingerprint density at radius 3 is 1.67 bits per heavy atom. The summed E-state index contributed by atoms with van der Waals surface area (Å²) in [5.41, 5.74) is -2.97. The average molecular weight is 611 g/mol. The molecular weight excluding hydrogens is 580 g/mol. The molecule has 16 heteroatoms. The van der Waals surface area contributed by atoms with Crippen LogP contribution in [0.2, 0.25) is 0 Å². The van der Waals surface area contributed by atoms with Gasteiger partial charge in [-0.25, -0.2) is 0 Å². The third-order valence-electron chi connectivity index (χ3n) is 7.81. The molecule has 0 radical (unpaired) electrons. The lowest BCUT2D eigenvalue weighted by molar-refractivity contribution is -0.234. The minimum Gasteiger partial charge on any atom is -0.507 e.